The molecule has 3 aromatic rings. The SMILES string of the molecule is CN1CCN(c2ccc3nc(-c4c(N)c5c([nH]c4=O)CC=CC5F)[nH]c3c2)CC1. The number of pyridine rings is 1. The van der Waals surface area contributed by atoms with Crippen molar-refractivity contribution < 1.29 is 4.39 Å². The Balaban J connectivity index is 1.57. The van der Waals surface area contributed by atoms with Crippen molar-refractivity contribution in [1.82, 2.24) is 19.9 Å². The number of halogens is 1. The summed E-state index contributed by atoms with van der Waals surface area (Å²) in [6.07, 6.45) is 2.29. The van der Waals surface area contributed by atoms with Gasteiger partial charge in [0.15, 0.2) is 0 Å². The lowest BCUT2D eigenvalue weighted by molar-refractivity contribution is 0.313. The molecule has 1 saturated heterocycles. The zero-order chi connectivity index (χ0) is 20.1. The smallest absolute Gasteiger partial charge is 0.261 e. The second-order valence-corrected chi connectivity index (χ2v) is 7.75. The molecule has 1 atom stereocenters. The van der Waals surface area contributed by atoms with E-state index < -0.39 is 6.17 Å². The third-order valence-corrected chi connectivity index (χ3v) is 5.85. The maximum absolute atomic E-state index is 14.4. The van der Waals surface area contributed by atoms with E-state index in [9.17, 15) is 9.18 Å². The summed E-state index contributed by atoms with van der Waals surface area (Å²) in [4.78, 5) is 27.9. The zero-order valence-corrected chi connectivity index (χ0v) is 16.2. The Bertz CT molecular complexity index is 1170. The third kappa shape index (κ3) is 3.00. The van der Waals surface area contributed by atoms with Crippen molar-refractivity contribution in [3.8, 4) is 11.4 Å². The van der Waals surface area contributed by atoms with Crippen LogP contribution < -0.4 is 16.2 Å². The van der Waals surface area contributed by atoms with E-state index in [1.807, 2.05) is 18.2 Å². The quantitative estimate of drug-likeness (QED) is 0.580. The summed E-state index contributed by atoms with van der Waals surface area (Å²) in [5, 5.41) is 0. The first kappa shape index (κ1) is 17.9. The first-order valence-electron chi connectivity index (χ1n) is 9.80. The first-order chi connectivity index (χ1) is 14.0. The van der Waals surface area contributed by atoms with E-state index in [-0.39, 0.29) is 16.8 Å². The van der Waals surface area contributed by atoms with Gasteiger partial charge in [-0.05, 0) is 31.3 Å². The summed E-state index contributed by atoms with van der Waals surface area (Å²) >= 11 is 0. The van der Waals surface area contributed by atoms with Gasteiger partial charge in [0.05, 0.1) is 16.7 Å². The van der Waals surface area contributed by atoms with Crippen molar-refractivity contribution in [3.05, 3.63) is 52.0 Å². The molecule has 1 aliphatic carbocycles. The Morgan fingerprint density at radius 1 is 1.21 bits per heavy atom. The Morgan fingerprint density at radius 3 is 2.79 bits per heavy atom. The first-order valence-corrected chi connectivity index (χ1v) is 9.80. The Labute approximate surface area is 167 Å². The highest BCUT2D eigenvalue weighted by molar-refractivity contribution is 5.85. The van der Waals surface area contributed by atoms with E-state index in [0.717, 1.165) is 42.9 Å². The van der Waals surface area contributed by atoms with Gasteiger partial charge < -0.3 is 25.5 Å². The van der Waals surface area contributed by atoms with E-state index in [2.05, 4.69) is 31.8 Å². The number of imidazole rings is 1. The van der Waals surface area contributed by atoms with Gasteiger partial charge in [-0.1, -0.05) is 6.08 Å². The number of aromatic amines is 2. The summed E-state index contributed by atoms with van der Waals surface area (Å²) in [5.74, 6) is 0.360. The number of hydrogen-bond donors (Lipinski definition) is 3. The molecule has 1 fully saturated rings. The van der Waals surface area contributed by atoms with Gasteiger partial charge >= 0.3 is 0 Å². The minimum Gasteiger partial charge on any atom is -0.398 e. The summed E-state index contributed by atoms with van der Waals surface area (Å²) in [5.41, 5.74) is 9.77. The van der Waals surface area contributed by atoms with E-state index in [0.29, 0.717) is 23.5 Å². The van der Waals surface area contributed by atoms with Crippen LogP contribution in [-0.2, 0) is 6.42 Å². The van der Waals surface area contributed by atoms with Gasteiger partial charge in [-0.25, -0.2) is 9.37 Å². The lowest BCUT2D eigenvalue weighted by atomic mass is 9.96. The van der Waals surface area contributed by atoms with Crippen LogP contribution >= 0.6 is 0 Å². The van der Waals surface area contributed by atoms with Gasteiger partial charge in [-0.2, -0.15) is 0 Å². The number of nitrogens with one attached hydrogen (secondary N) is 2. The summed E-state index contributed by atoms with van der Waals surface area (Å²) in [6.45, 7) is 3.97. The van der Waals surface area contributed by atoms with Crippen LogP contribution in [0.3, 0.4) is 0 Å². The van der Waals surface area contributed by atoms with Gasteiger partial charge in [-0.3, -0.25) is 4.79 Å². The number of H-pyrrole nitrogens is 2. The highest BCUT2D eigenvalue weighted by atomic mass is 19.1. The molecule has 150 valence electrons. The van der Waals surface area contributed by atoms with Crippen molar-refractivity contribution in [1.29, 1.82) is 0 Å². The fourth-order valence-electron chi connectivity index (χ4n) is 4.18. The number of piperazine rings is 1. The molecule has 1 aromatic carbocycles. The molecule has 2 aromatic heterocycles. The zero-order valence-electron chi connectivity index (χ0n) is 16.2. The van der Waals surface area contributed by atoms with Crippen molar-refractivity contribution in [2.75, 3.05) is 43.9 Å². The number of hydrogen-bond acceptors (Lipinski definition) is 5. The van der Waals surface area contributed by atoms with E-state index in [1.165, 1.54) is 6.08 Å². The summed E-state index contributed by atoms with van der Waals surface area (Å²) in [6, 6.07) is 6.02. The van der Waals surface area contributed by atoms with Crippen molar-refractivity contribution in [2.45, 2.75) is 12.6 Å². The van der Waals surface area contributed by atoms with E-state index in [1.54, 1.807) is 6.08 Å². The molecule has 8 heteroatoms. The second kappa shape index (κ2) is 6.73. The predicted molar refractivity (Wildman–Crippen MR) is 113 cm³/mol. The Kier molecular flexibility index (Phi) is 4.16. The van der Waals surface area contributed by atoms with Crippen LogP contribution in [0.4, 0.5) is 15.8 Å². The molecule has 4 N–H and O–H groups in total. The number of benzene rings is 1. The molecule has 0 radical (unpaired) electrons. The highest BCUT2D eigenvalue weighted by Gasteiger charge is 2.25. The molecule has 0 bridgehead atoms. The molecular formula is C21H23FN6O. The lowest BCUT2D eigenvalue weighted by Crippen LogP contribution is -2.44. The van der Waals surface area contributed by atoms with E-state index >= 15 is 0 Å². The number of likely N-dealkylation sites (N-methyl/N-ethyl adjacent to an activating group) is 1. The third-order valence-electron chi connectivity index (χ3n) is 5.85. The van der Waals surface area contributed by atoms with Crippen molar-refractivity contribution in [3.63, 3.8) is 0 Å². The standard InChI is InChI=1S/C21H23FN6O/c1-27-7-9-28(10-8-27)12-5-6-14-16(11-12)25-20(24-14)18-19(23)17-13(22)3-2-4-15(17)26-21(18)29/h2-3,5-6,11,13H,4,7-10H2,1H3,(H,24,25)(H3,23,26,29). The molecule has 1 aliphatic heterocycles. The minimum atomic E-state index is -1.33. The van der Waals surface area contributed by atoms with Gasteiger partial charge in [0.25, 0.3) is 5.56 Å². The number of nitrogens with zero attached hydrogens (tertiary/aromatic N) is 3. The molecule has 5 rings (SSSR count). The van der Waals surface area contributed by atoms with Crippen LogP contribution in [0.25, 0.3) is 22.4 Å². The average molecular weight is 394 g/mol. The normalized spacial score (nSPS) is 19.7. The van der Waals surface area contributed by atoms with Gasteiger partial charge in [0, 0.05) is 49.5 Å². The summed E-state index contributed by atoms with van der Waals surface area (Å²) < 4.78 is 14.4. The molecule has 0 amide bonds. The largest absolute Gasteiger partial charge is 0.398 e. The van der Waals surface area contributed by atoms with Crippen molar-refractivity contribution >= 4 is 22.4 Å². The van der Waals surface area contributed by atoms with Crippen molar-refractivity contribution in [2.24, 2.45) is 0 Å². The molecule has 2 aliphatic rings. The Morgan fingerprint density at radius 2 is 2.00 bits per heavy atom. The molecule has 29 heavy (non-hydrogen) atoms. The topological polar surface area (TPSA) is 94.0 Å². The van der Waals surface area contributed by atoms with E-state index in [4.69, 9.17) is 5.73 Å². The molecule has 7 nitrogen and oxygen atoms in total. The number of fused-ring (bicyclic) bond motifs is 2. The minimum absolute atomic E-state index is 0.152. The number of rotatable bonds is 2. The Hall–Kier alpha value is -3.13. The number of nitrogen functional groups attached to an aromatic ring is 1. The molecule has 3 heterocycles. The van der Waals surface area contributed by atoms with Crippen LogP contribution in [0.5, 0.6) is 0 Å². The van der Waals surface area contributed by atoms with Crippen LogP contribution in [0.2, 0.25) is 0 Å². The molecule has 1 unspecified atom stereocenters. The average Bonchev–Trinajstić information content (AvgIpc) is 3.11. The number of alkyl halides is 1. The number of nitrogens with two attached hydrogens (primary N) is 1. The van der Waals surface area contributed by atoms with Crippen LogP contribution in [-0.4, -0.2) is 53.1 Å². The number of anilines is 2. The van der Waals surface area contributed by atoms with Gasteiger partial charge in [0.1, 0.15) is 17.6 Å². The fraction of sp³-hybridized carbons (Fsp3) is 0.333. The van der Waals surface area contributed by atoms with Gasteiger partial charge in [-0.15, -0.1) is 0 Å². The number of aromatic nitrogens is 3. The van der Waals surface area contributed by atoms with Crippen LogP contribution in [0, 0.1) is 0 Å². The molecule has 0 saturated carbocycles. The fourth-order valence-corrected chi connectivity index (χ4v) is 4.18. The van der Waals surface area contributed by atoms with Gasteiger partial charge in [0.2, 0.25) is 0 Å². The maximum atomic E-state index is 14.4. The molecular weight excluding hydrogens is 371 g/mol. The summed E-state index contributed by atoms with van der Waals surface area (Å²) in [7, 11) is 2.12. The second-order valence-electron chi connectivity index (χ2n) is 7.75. The van der Waals surface area contributed by atoms with Crippen LogP contribution in [0.15, 0.2) is 35.1 Å². The lowest BCUT2D eigenvalue weighted by Gasteiger charge is -2.34. The highest BCUT2D eigenvalue weighted by Crippen LogP contribution is 2.35. The monoisotopic (exact) mass is 394 g/mol. The number of allylic oxidation sites excluding steroid dienone is 2. The molecule has 0 spiro atoms. The maximum Gasteiger partial charge on any atom is 0.261 e. The van der Waals surface area contributed by atoms with Crippen LogP contribution in [0.1, 0.15) is 17.4 Å². The predicted octanol–water partition coefficient (Wildman–Crippen LogP) is 2.38.